The SMILES string of the molecule is NC(=O)CN1C(=O)C(NC(=O)c2cc3ccccc3[nH]2)C(c2ccccc2)Sc2cc(Cl)ccc21. The number of primary amides is 1. The summed E-state index contributed by atoms with van der Waals surface area (Å²) >= 11 is 7.68. The molecule has 0 bridgehead atoms. The van der Waals surface area contributed by atoms with Crippen LogP contribution in [0.5, 0.6) is 0 Å². The zero-order valence-electron chi connectivity index (χ0n) is 18.4. The van der Waals surface area contributed by atoms with Gasteiger partial charge in [0.25, 0.3) is 11.8 Å². The lowest BCUT2D eigenvalue weighted by Gasteiger charge is -2.28. The van der Waals surface area contributed by atoms with Crippen LogP contribution in [-0.4, -0.2) is 35.3 Å². The number of amides is 3. The normalized spacial score (nSPS) is 17.6. The summed E-state index contributed by atoms with van der Waals surface area (Å²) in [5.74, 6) is -1.53. The molecular weight excluding hydrogens is 484 g/mol. The van der Waals surface area contributed by atoms with Gasteiger partial charge in [-0.3, -0.25) is 14.4 Å². The van der Waals surface area contributed by atoms with E-state index in [0.717, 1.165) is 16.5 Å². The maximum absolute atomic E-state index is 13.9. The van der Waals surface area contributed by atoms with Crippen molar-refractivity contribution in [1.29, 1.82) is 0 Å². The van der Waals surface area contributed by atoms with Crippen LogP contribution in [0.25, 0.3) is 10.9 Å². The van der Waals surface area contributed by atoms with E-state index in [1.54, 1.807) is 24.3 Å². The van der Waals surface area contributed by atoms with Crippen LogP contribution in [0.3, 0.4) is 0 Å². The molecule has 4 N–H and O–H groups in total. The van der Waals surface area contributed by atoms with Gasteiger partial charge in [0, 0.05) is 20.8 Å². The second-order valence-electron chi connectivity index (χ2n) is 8.17. The molecule has 9 heteroatoms. The lowest BCUT2D eigenvalue weighted by molar-refractivity contribution is -0.123. The van der Waals surface area contributed by atoms with E-state index in [1.807, 2.05) is 54.6 Å². The number of carbonyl (C=O) groups excluding carboxylic acids is 3. The van der Waals surface area contributed by atoms with E-state index in [9.17, 15) is 14.4 Å². The molecule has 5 rings (SSSR count). The van der Waals surface area contributed by atoms with Crippen LogP contribution >= 0.6 is 23.4 Å². The average Bonchev–Trinajstić information content (AvgIpc) is 3.25. The summed E-state index contributed by atoms with van der Waals surface area (Å²) in [6.45, 7) is -0.325. The Morgan fingerprint density at radius 3 is 2.51 bits per heavy atom. The number of carbonyl (C=O) groups is 3. The Bertz CT molecular complexity index is 1410. The Hall–Kier alpha value is -3.75. The van der Waals surface area contributed by atoms with Crippen LogP contribution in [0, 0.1) is 0 Å². The fourth-order valence-corrected chi connectivity index (χ4v) is 5.82. The van der Waals surface area contributed by atoms with Crippen molar-refractivity contribution in [1.82, 2.24) is 10.3 Å². The van der Waals surface area contributed by atoms with Crippen LogP contribution < -0.4 is 16.0 Å². The van der Waals surface area contributed by atoms with E-state index in [-0.39, 0.29) is 6.54 Å². The van der Waals surface area contributed by atoms with Gasteiger partial charge in [-0.05, 0) is 35.9 Å². The van der Waals surface area contributed by atoms with Gasteiger partial charge in [-0.15, -0.1) is 11.8 Å². The molecule has 0 aliphatic carbocycles. The van der Waals surface area contributed by atoms with Crippen molar-refractivity contribution in [3.05, 3.63) is 95.1 Å². The van der Waals surface area contributed by atoms with Gasteiger partial charge in [-0.1, -0.05) is 60.1 Å². The first kappa shape index (κ1) is 23.0. The molecule has 1 aliphatic rings. The zero-order chi connectivity index (χ0) is 24.5. The second kappa shape index (κ2) is 9.48. The quantitative estimate of drug-likeness (QED) is 0.377. The highest BCUT2D eigenvalue weighted by atomic mass is 35.5. The first-order chi connectivity index (χ1) is 16.9. The van der Waals surface area contributed by atoms with Crippen molar-refractivity contribution in [2.24, 2.45) is 5.73 Å². The summed E-state index contributed by atoms with van der Waals surface area (Å²) in [7, 11) is 0. The fourth-order valence-electron chi connectivity index (χ4n) is 4.20. The molecule has 3 amide bonds. The largest absolute Gasteiger partial charge is 0.368 e. The maximum atomic E-state index is 13.9. The molecule has 0 saturated carbocycles. The number of benzene rings is 3. The highest BCUT2D eigenvalue weighted by molar-refractivity contribution is 7.99. The minimum Gasteiger partial charge on any atom is -0.368 e. The van der Waals surface area contributed by atoms with E-state index < -0.39 is 29.0 Å². The third kappa shape index (κ3) is 4.62. The predicted molar refractivity (Wildman–Crippen MR) is 138 cm³/mol. The number of nitrogens with zero attached hydrogens (tertiary/aromatic N) is 1. The molecular formula is C26H21ClN4O3S. The molecule has 176 valence electrons. The van der Waals surface area contributed by atoms with E-state index in [0.29, 0.717) is 21.3 Å². The number of thioether (sulfide) groups is 1. The van der Waals surface area contributed by atoms with Crippen molar-refractivity contribution in [2.45, 2.75) is 16.2 Å². The van der Waals surface area contributed by atoms with Crippen LogP contribution in [0.1, 0.15) is 21.3 Å². The molecule has 1 aromatic heterocycles. The van der Waals surface area contributed by atoms with E-state index >= 15 is 0 Å². The summed E-state index contributed by atoms with van der Waals surface area (Å²) in [6, 6.07) is 22.8. The van der Waals surface area contributed by atoms with Gasteiger partial charge < -0.3 is 20.9 Å². The lowest BCUT2D eigenvalue weighted by atomic mass is 10.0. The van der Waals surface area contributed by atoms with E-state index in [1.165, 1.54) is 16.7 Å². The molecule has 0 spiro atoms. The van der Waals surface area contributed by atoms with Gasteiger partial charge in [-0.25, -0.2) is 0 Å². The van der Waals surface area contributed by atoms with E-state index in [4.69, 9.17) is 17.3 Å². The van der Waals surface area contributed by atoms with Crippen molar-refractivity contribution in [3.63, 3.8) is 0 Å². The molecule has 4 aromatic rings. The number of para-hydroxylation sites is 1. The smallest absolute Gasteiger partial charge is 0.268 e. The molecule has 0 radical (unpaired) electrons. The number of anilines is 1. The van der Waals surface area contributed by atoms with Gasteiger partial charge in [0.05, 0.1) is 10.9 Å². The van der Waals surface area contributed by atoms with Crippen LogP contribution in [-0.2, 0) is 9.59 Å². The molecule has 2 heterocycles. The van der Waals surface area contributed by atoms with Gasteiger partial charge in [0.15, 0.2) is 0 Å². The Balaban J connectivity index is 1.58. The minimum atomic E-state index is -0.980. The monoisotopic (exact) mass is 504 g/mol. The summed E-state index contributed by atoms with van der Waals surface area (Å²) in [6.07, 6.45) is 0. The Morgan fingerprint density at radius 2 is 1.77 bits per heavy atom. The second-order valence-corrected chi connectivity index (χ2v) is 9.79. The maximum Gasteiger partial charge on any atom is 0.268 e. The number of nitrogens with one attached hydrogen (secondary N) is 2. The molecule has 35 heavy (non-hydrogen) atoms. The third-order valence-corrected chi connectivity index (χ3v) is 7.42. The van der Waals surface area contributed by atoms with Gasteiger partial charge in [-0.2, -0.15) is 0 Å². The summed E-state index contributed by atoms with van der Waals surface area (Å²) in [4.78, 5) is 44.3. The molecule has 0 fully saturated rings. The number of H-pyrrole nitrogens is 1. The molecule has 2 unspecified atom stereocenters. The molecule has 0 saturated heterocycles. The molecule has 7 nitrogen and oxygen atoms in total. The fraction of sp³-hybridized carbons (Fsp3) is 0.115. The van der Waals surface area contributed by atoms with Crippen molar-refractivity contribution < 1.29 is 14.4 Å². The Morgan fingerprint density at radius 1 is 1.03 bits per heavy atom. The summed E-state index contributed by atoms with van der Waals surface area (Å²) < 4.78 is 0. The van der Waals surface area contributed by atoms with E-state index in [2.05, 4.69) is 10.3 Å². The molecule has 1 aliphatic heterocycles. The highest BCUT2D eigenvalue weighted by Crippen LogP contribution is 2.46. The Labute approximate surface area is 210 Å². The van der Waals surface area contributed by atoms with Gasteiger partial charge in [0.1, 0.15) is 18.3 Å². The van der Waals surface area contributed by atoms with Crippen LogP contribution in [0.4, 0.5) is 5.69 Å². The number of aromatic nitrogens is 1. The van der Waals surface area contributed by atoms with Crippen molar-refractivity contribution in [3.8, 4) is 0 Å². The van der Waals surface area contributed by atoms with Gasteiger partial charge in [0.2, 0.25) is 5.91 Å². The lowest BCUT2D eigenvalue weighted by Crippen LogP contribution is -2.52. The number of halogens is 1. The number of rotatable bonds is 5. The van der Waals surface area contributed by atoms with Crippen LogP contribution in [0.2, 0.25) is 5.02 Å². The number of fused-ring (bicyclic) bond motifs is 2. The summed E-state index contributed by atoms with van der Waals surface area (Å²) in [5, 5.41) is 3.82. The van der Waals surface area contributed by atoms with Crippen LogP contribution in [0.15, 0.2) is 83.8 Å². The van der Waals surface area contributed by atoms with Crippen molar-refractivity contribution >= 4 is 57.7 Å². The minimum absolute atomic E-state index is 0.325. The topological polar surface area (TPSA) is 108 Å². The highest BCUT2D eigenvalue weighted by Gasteiger charge is 2.40. The zero-order valence-corrected chi connectivity index (χ0v) is 20.0. The number of nitrogens with two attached hydrogens (primary N) is 1. The number of hydrogen-bond acceptors (Lipinski definition) is 4. The standard InChI is InChI=1S/C26H21ClN4O3S/c27-17-10-11-20-21(13-17)35-24(15-6-2-1-3-7-15)23(26(34)31(20)14-22(28)32)30-25(33)19-12-16-8-4-5-9-18(16)29-19/h1-13,23-24,29H,14H2,(H2,28,32)(H,30,33). The molecule has 2 atom stereocenters. The van der Waals surface area contributed by atoms with Gasteiger partial charge >= 0.3 is 0 Å². The Kier molecular flexibility index (Phi) is 6.23. The van der Waals surface area contributed by atoms with Crippen molar-refractivity contribution in [2.75, 3.05) is 11.4 Å². The number of hydrogen-bond donors (Lipinski definition) is 3. The summed E-state index contributed by atoms with van der Waals surface area (Å²) in [5.41, 5.74) is 8.01. The first-order valence-electron chi connectivity index (χ1n) is 10.9. The predicted octanol–water partition coefficient (Wildman–Crippen LogP) is 4.29. The number of aromatic amines is 1. The molecule has 3 aromatic carbocycles. The average molecular weight is 505 g/mol. The first-order valence-corrected chi connectivity index (χ1v) is 12.2. The third-order valence-electron chi connectivity index (χ3n) is 5.80.